The highest BCUT2D eigenvalue weighted by Gasteiger charge is 2.38. The van der Waals surface area contributed by atoms with E-state index in [1.165, 1.54) is 6.42 Å². The molecule has 90 valence electrons. The van der Waals surface area contributed by atoms with Crippen molar-refractivity contribution in [2.75, 3.05) is 0 Å². The first-order valence-electron chi connectivity index (χ1n) is 6.40. The summed E-state index contributed by atoms with van der Waals surface area (Å²) in [5.74, 6) is -0.0385. The molecule has 1 fully saturated rings. The van der Waals surface area contributed by atoms with Gasteiger partial charge in [0.2, 0.25) is 5.91 Å². The highest BCUT2D eigenvalue weighted by Crippen LogP contribution is 2.30. The summed E-state index contributed by atoms with van der Waals surface area (Å²) in [6.45, 7) is 4.05. The van der Waals surface area contributed by atoms with Crippen LogP contribution in [0.3, 0.4) is 0 Å². The van der Waals surface area contributed by atoms with E-state index in [1.807, 2.05) is 13.8 Å². The number of hydrogen-bond acceptors (Lipinski definition) is 2. The van der Waals surface area contributed by atoms with Crippen molar-refractivity contribution < 1.29 is 4.79 Å². The van der Waals surface area contributed by atoms with Crippen molar-refractivity contribution in [2.45, 2.75) is 64.8 Å². The first-order valence-corrected chi connectivity index (χ1v) is 6.40. The molecule has 1 N–H and O–H groups in total. The van der Waals surface area contributed by atoms with E-state index in [0.29, 0.717) is 18.9 Å². The molecular formula is C13H22N2O. The minimum absolute atomic E-state index is 0.0385. The number of nitrogens with one attached hydrogen (secondary N) is 1. The number of nitrogens with zero attached hydrogens (tertiary/aromatic N) is 1. The van der Waals surface area contributed by atoms with Crippen LogP contribution >= 0.6 is 0 Å². The van der Waals surface area contributed by atoms with Crippen molar-refractivity contribution >= 4 is 5.91 Å². The Morgan fingerprint density at radius 3 is 2.25 bits per heavy atom. The molecule has 0 bridgehead atoms. The zero-order valence-corrected chi connectivity index (χ0v) is 10.4. The Morgan fingerprint density at radius 2 is 1.94 bits per heavy atom. The van der Waals surface area contributed by atoms with Gasteiger partial charge < -0.3 is 5.32 Å². The van der Waals surface area contributed by atoms with Crippen molar-refractivity contribution in [3.63, 3.8) is 0 Å². The summed E-state index contributed by atoms with van der Waals surface area (Å²) in [5, 5.41) is 12.3. The molecular weight excluding hydrogens is 200 g/mol. The molecule has 0 atom stereocenters. The molecule has 0 aromatic heterocycles. The Labute approximate surface area is 98.2 Å². The predicted octanol–water partition coefficient (Wildman–Crippen LogP) is 2.77. The van der Waals surface area contributed by atoms with Crippen molar-refractivity contribution in [3.8, 4) is 6.07 Å². The minimum Gasteiger partial charge on any atom is -0.352 e. The van der Waals surface area contributed by atoms with Crippen LogP contribution in [0.2, 0.25) is 0 Å². The number of carbonyl (C=O) groups excluding carboxylic acids is 1. The number of amides is 1. The summed E-state index contributed by atoms with van der Waals surface area (Å²) in [4.78, 5) is 12.1. The first kappa shape index (κ1) is 13.0. The third kappa shape index (κ3) is 2.75. The maximum Gasteiger partial charge on any atom is 0.240 e. The summed E-state index contributed by atoms with van der Waals surface area (Å²) in [6.07, 6.45) is 6.46. The second-order valence-electron chi connectivity index (χ2n) is 4.80. The fourth-order valence-electron chi connectivity index (χ4n) is 2.24. The van der Waals surface area contributed by atoms with Crippen LogP contribution in [0.1, 0.15) is 58.8 Å². The zero-order chi connectivity index (χ0) is 12.0. The molecule has 3 heteroatoms. The van der Waals surface area contributed by atoms with Gasteiger partial charge in [-0.05, 0) is 32.1 Å². The first-order chi connectivity index (χ1) is 7.68. The van der Waals surface area contributed by atoms with Gasteiger partial charge >= 0.3 is 0 Å². The van der Waals surface area contributed by atoms with Crippen molar-refractivity contribution in [3.05, 3.63) is 0 Å². The molecule has 1 aliphatic carbocycles. The quantitative estimate of drug-likeness (QED) is 0.751. The fourth-order valence-corrected chi connectivity index (χ4v) is 2.24. The molecule has 1 rings (SSSR count). The standard InChI is InChI=1S/C13H22N2O/c1-3-8-13(10-14,9-4-2)12(16)15-11-6-5-7-11/h11H,3-9H2,1-2H3,(H,15,16). The third-order valence-electron chi connectivity index (χ3n) is 3.44. The van der Waals surface area contributed by atoms with Crippen molar-refractivity contribution in [2.24, 2.45) is 5.41 Å². The van der Waals surface area contributed by atoms with Gasteiger partial charge in [0.25, 0.3) is 0 Å². The number of rotatable bonds is 6. The van der Waals surface area contributed by atoms with Crippen LogP contribution in [0, 0.1) is 16.7 Å². The maximum absolute atomic E-state index is 12.1. The smallest absolute Gasteiger partial charge is 0.240 e. The van der Waals surface area contributed by atoms with Crippen LogP contribution in [-0.2, 0) is 4.79 Å². The van der Waals surface area contributed by atoms with Gasteiger partial charge in [0.15, 0.2) is 0 Å². The largest absolute Gasteiger partial charge is 0.352 e. The van der Waals surface area contributed by atoms with Gasteiger partial charge in [-0.25, -0.2) is 0 Å². The van der Waals surface area contributed by atoms with E-state index < -0.39 is 5.41 Å². The third-order valence-corrected chi connectivity index (χ3v) is 3.44. The zero-order valence-electron chi connectivity index (χ0n) is 10.4. The molecule has 1 amide bonds. The van der Waals surface area contributed by atoms with E-state index in [4.69, 9.17) is 0 Å². The van der Waals surface area contributed by atoms with Gasteiger partial charge in [-0.2, -0.15) is 5.26 Å². The van der Waals surface area contributed by atoms with E-state index in [9.17, 15) is 10.1 Å². The van der Waals surface area contributed by atoms with Gasteiger partial charge in [-0.3, -0.25) is 4.79 Å². The number of nitriles is 1. The van der Waals surface area contributed by atoms with Gasteiger partial charge in [-0.15, -0.1) is 0 Å². The molecule has 0 unspecified atom stereocenters. The number of hydrogen-bond donors (Lipinski definition) is 1. The molecule has 0 aliphatic heterocycles. The van der Waals surface area contributed by atoms with Gasteiger partial charge in [0.05, 0.1) is 6.07 Å². The Hall–Kier alpha value is -1.04. The lowest BCUT2D eigenvalue weighted by molar-refractivity contribution is -0.130. The van der Waals surface area contributed by atoms with Crippen molar-refractivity contribution in [1.82, 2.24) is 5.32 Å². The molecule has 0 aromatic rings. The molecule has 0 radical (unpaired) electrons. The summed E-state index contributed by atoms with van der Waals surface area (Å²) in [5.41, 5.74) is -0.779. The summed E-state index contributed by atoms with van der Waals surface area (Å²) >= 11 is 0. The van der Waals surface area contributed by atoms with Gasteiger partial charge in [0.1, 0.15) is 5.41 Å². The maximum atomic E-state index is 12.1. The lowest BCUT2D eigenvalue weighted by Gasteiger charge is -2.31. The van der Waals surface area contributed by atoms with Crippen LogP contribution in [0.25, 0.3) is 0 Å². The van der Waals surface area contributed by atoms with E-state index in [2.05, 4.69) is 11.4 Å². The lowest BCUT2D eigenvalue weighted by Crippen LogP contribution is -2.47. The summed E-state index contributed by atoms with van der Waals surface area (Å²) in [7, 11) is 0. The molecule has 1 aliphatic rings. The van der Waals surface area contributed by atoms with Crippen molar-refractivity contribution in [1.29, 1.82) is 5.26 Å². The fraction of sp³-hybridized carbons (Fsp3) is 0.846. The minimum atomic E-state index is -0.779. The van der Waals surface area contributed by atoms with E-state index in [-0.39, 0.29) is 5.91 Å². The molecule has 0 spiro atoms. The summed E-state index contributed by atoms with van der Waals surface area (Å²) in [6, 6.07) is 2.59. The molecule has 3 nitrogen and oxygen atoms in total. The average Bonchev–Trinajstić information content (AvgIpc) is 2.22. The SMILES string of the molecule is CCCC(C#N)(CCC)C(=O)NC1CCC1. The van der Waals surface area contributed by atoms with Crippen LogP contribution in [0.4, 0.5) is 0 Å². The van der Waals surface area contributed by atoms with Gasteiger partial charge in [0, 0.05) is 6.04 Å². The van der Waals surface area contributed by atoms with Crippen LogP contribution in [0.15, 0.2) is 0 Å². The summed E-state index contributed by atoms with van der Waals surface area (Å²) < 4.78 is 0. The van der Waals surface area contributed by atoms with Crippen LogP contribution in [-0.4, -0.2) is 11.9 Å². The monoisotopic (exact) mass is 222 g/mol. The topological polar surface area (TPSA) is 52.9 Å². The molecule has 16 heavy (non-hydrogen) atoms. The van der Waals surface area contributed by atoms with Crippen LogP contribution < -0.4 is 5.32 Å². The average molecular weight is 222 g/mol. The molecule has 0 aromatic carbocycles. The molecule has 0 heterocycles. The predicted molar refractivity (Wildman–Crippen MR) is 63.6 cm³/mol. The molecule has 0 saturated heterocycles. The molecule has 1 saturated carbocycles. The normalized spacial score (nSPS) is 16.3. The lowest BCUT2D eigenvalue weighted by atomic mass is 9.79. The highest BCUT2D eigenvalue weighted by molar-refractivity contribution is 5.85. The Bertz CT molecular complexity index is 270. The second-order valence-corrected chi connectivity index (χ2v) is 4.80. The van der Waals surface area contributed by atoms with E-state index in [0.717, 1.165) is 25.7 Å². The number of carbonyl (C=O) groups is 1. The Kier molecular flexibility index (Phi) is 4.79. The Balaban J connectivity index is 2.65. The van der Waals surface area contributed by atoms with Gasteiger partial charge in [-0.1, -0.05) is 26.7 Å². The van der Waals surface area contributed by atoms with E-state index >= 15 is 0 Å². The highest BCUT2D eigenvalue weighted by atomic mass is 16.2. The van der Waals surface area contributed by atoms with E-state index in [1.54, 1.807) is 0 Å². The van der Waals surface area contributed by atoms with Crippen LogP contribution in [0.5, 0.6) is 0 Å². The second kappa shape index (κ2) is 5.89. The Morgan fingerprint density at radius 1 is 1.38 bits per heavy atom.